The molecule has 2 aliphatic heterocycles. The number of benzene rings is 2. The number of rotatable bonds is 5. The fraction of sp³-hybridized carbons (Fsp3) is 0.391. The second-order valence-electron chi connectivity index (χ2n) is 7.98. The van der Waals surface area contributed by atoms with Gasteiger partial charge in [0.2, 0.25) is 0 Å². The van der Waals surface area contributed by atoms with Crippen LogP contribution >= 0.6 is 0 Å². The summed E-state index contributed by atoms with van der Waals surface area (Å²) < 4.78 is 5.80. The van der Waals surface area contributed by atoms with Crippen molar-refractivity contribution in [1.82, 2.24) is 5.32 Å². The fourth-order valence-corrected chi connectivity index (χ4v) is 4.54. The Bertz CT molecular complexity index is 894. The van der Waals surface area contributed by atoms with Crippen LogP contribution in [-0.4, -0.2) is 23.3 Å². The minimum Gasteiger partial charge on any atom is -0.506 e. The molecule has 3 unspecified atom stereocenters. The largest absolute Gasteiger partial charge is 0.506 e. The molecule has 0 aromatic heterocycles. The van der Waals surface area contributed by atoms with Gasteiger partial charge in [0.25, 0.3) is 0 Å². The van der Waals surface area contributed by atoms with Gasteiger partial charge >= 0.3 is 6.09 Å². The highest BCUT2D eigenvalue weighted by molar-refractivity contribution is 5.86. The first-order chi connectivity index (χ1) is 14.1. The van der Waals surface area contributed by atoms with E-state index in [9.17, 15) is 9.90 Å². The van der Waals surface area contributed by atoms with E-state index in [4.69, 9.17) is 10.00 Å². The van der Waals surface area contributed by atoms with Crippen LogP contribution in [0.2, 0.25) is 0 Å². The molecule has 0 saturated carbocycles. The third-order valence-electron chi connectivity index (χ3n) is 5.92. The maximum absolute atomic E-state index is 12.5. The minimum absolute atomic E-state index is 0.00527. The standard InChI is InChI=1S/C23H25N3O3/c24-14-15-5-7-17(8-6-15)22(13-16-11-18-9-10-19(12-16)25-18)29-23(28)26-20-3-1-2-4-21(20)27/h1-8,16,18-19,22,25,27H,9-13H2,(H,26,28). The maximum atomic E-state index is 12.5. The van der Waals surface area contributed by atoms with Gasteiger partial charge in [0, 0.05) is 12.1 Å². The third-order valence-corrected chi connectivity index (χ3v) is 5.92. The minimum atomic E-state index is -0.599. The quantitative estimate of drug-likeness (QED) is 0.654. The Kier molecular flexibility index (Phi) is 5.68. The van der Waals surface area contributed by atoms with Crippen LogP contribution in [0.15, 0.2) is 48.5 Å². The molecule has 2 aliphatic rings. The molecule has 0 radical (unpaired) electrons. The van der Waals surface area contributed by atoms with Crippen molar-refractivity contribution >= 4 is 11.8 Å². The number of phenols is 1. The van der Waals surface area contributed by atoms with Crippen LogP contribution in [0.3, 0.4) is 0 Å². The van der Waals surface area contributed by atoms with E-state index in [2.05, 4.69) is 16.7 Å². The molecule has 1 amide bonds. The van der Waals surface area contributed by atoms with Gasteiger partial charge in [0.1, 0.15) is 11.9 Å². The number of piperidine rings is 1. The Labute approximate surface area is 170 Å². The van der Waals surface area contributed by atoms with Crippen LogP contribution in [0.5, 0.6) is 5.75 Å². The van der Waals surface area contributed by atoms with Gasteiger partial charge in [-0.15, -0.1) is 0 Å². The Morgan fingerprint density at radius 1 is 1.17 bits per heavy atom. The summed E-state index contributed by atoms with van der Waals surface area (Å²) in [5, 5.41) is 25.2. The zero-order valence-corrected chi connectivity index (χ0v) is 16.2. The molecule has 2 aromatic carbocycles. The number of anilines is 1. The van der Waals surface area contributed by atoms with Gasteiger partial charge < -0.3 is 15.2 Å². The van der Waals surface area contributed by atoms with Gasteiger partial charge in [-0.05, 0) is 67.9 Å². The number of carbonyl (C=O) groups excluding carboxylic acids is 1. The second-order valence-corrected chi connectivity index (χ2v) is 7.98. The first-order valence-electron chi connectivity index (χ1n) is 10.1. The summed E-state index contributed by atoms with van der Waals surface area (Å²) in [6.45, 7) is 0. The van der Waals surface area contributed by atoms with Crippen molar-refractivity contribution in [3.05, 3.63) is 59.7 Å². The molecule has 2 aromatic rings. The number of nitrogens with zero attached hydrogens (tertiary/aromatic N) is 1. The molecule has 2 heterocycles. The number of hydrogen-bond acceptors (Lipinski definition) is 5. The van der Waals surface area contributed by atoms with Crippen molar-refractivity contribution in [3.8, 4) is 11.8 Å². The molecule has 3 N–H and O–H groups in total. The van der Waals surface area contributed by atoms with E-state index < -0.39 is 12.2 Å². The smallest absolute Gasteiger partial charge is 0.412 e. The molecule has 3 atom stereocenters. The van der Waals surface area contributed by atoms with Gasteiger partial charge in [-0.1, -0.05) is 24.3 Å². The van der Waals surface area contributed by atoms with E-state index in [1.165, 1.54) is 18.9 Å². The zero-order valence-electron chi connectivity index (χ0n) is 16.2. The predicted molar refractivity (Wildman–Crippen MR) is 109 cm³/mol. The van der Waals surface area contributed by atoms with Crippen LogP contribution < -0.4 is 10.6 Å². The third kappa shape index (κ3) is 4.69. The van der Waals surface area contributed by atoms with E-state index >= 15 is 0 Å². The Hall–Kier alpha value is -3.04. The summed E-state index contributed by atoms with van der Waals surface area (Å²) in [6.07, 6.45) is 4.36. The highest BCUT2D eigenvalue weighted by atomic mass is 16.6. The number of para-hydroxylation sites is 2. The summed E-state index contributed by atoms with van der Waals surface area (Å²) in [4.78, 5) is 12.5. The molecular formula is C23H25N3O3. The number of nitrogens with one attached hydrogen (secondary N) is 2. The number of amides is 1. The van der Waals surface area contributed by atoms with Crippen LogP contribution in [-0.2, 0) is 4.74 Å². The normalized spacial score (nSPS) is 23.8. The lowest BCUT2D eigenvalue weighted by molar-refractivity contribution is 0.0857. The van der Waals surface area contributed by atoms with Gasteiger partial charge in [0.15, 0.2) is 0 Å². The molecule has 0 aliphatic carbocycles. The van der Waals surface area contributed by atoms with E-state index in [-0.39, 0.29) is 5.75 Å². The molecule has 6 nitrogen and oxygen atoms in total. The first-order valence-corrected chi connectivity index (χ1v) is 10.1. The second kappa shape index (κ2) is 8.54. The number of fused-ring (bicyclic) bond motifs is 2. The molecule has 29 heavy (non-hydrogen) atoms. The van der Waals surface area contributed by atoms with Crippen LogP contribution in [0.4, 0.5) is 10.5 Å². The van der Waals surface area contributed by atoms with Gasteiger partial charge in [-0.2, -0.15) is 5.26 Å². The number of carbonyl (C=O) groups is 1. The Morgan fingerprint density at radius 3 is 2.52 bits per heavy atom. The van der Waals surface area contributed by atoms with Crippen molar-refractivity contribution in [3.63, 3.8) is 0 Å². The molecular weight excluding hydrogens is 366 g/mol. The number of aromatic hydroxyl groups is 1. The van der Waals surface area contributed by atoms with E-state index in [0.717, 1.165) is 24.8 Å². The van der Waals surface area contributed by atoms with Crippen LogP contribution in [0.25, 0.3) is 0 Å². The summed E-state index contributed by atoms with van der Waals surface area (Å²) in [7, 11) is 0. The summed E-state index contributed by atoms with van der Waals surface area (Å²) in [5.74, 6) is 0.474. The highest BCUT2D eigenvalue weighted by Gasteiger charge is 2.35. The molecule has 0 spiro atoms. The first kappa shape index (κ1) is 19.3. The highest BCUT2D eigenvalue weighted by Crippen LogP contribution is 2.37. The summed E-state index contributed by atoms with van der Waals surface area (Å²) >= 11 is 0. The van der Waals surface area contributed by atoms with Gasteiger partial charge in [0.05, 0.1) is 17.3 Å². The molecule has 6 heteroatoms. The number of nitriles is 1. The fourth-order valence-electron chi connectivity index (χ4n) is 4.54. The van der Waals surface area contributed by atoms with Gasteiger partial charge in [-0.25, -0.2) is 4.79 Å². The predicted octanol–water partition coefficient (Wildman–Crippen LogP) is 4.47. The monoisotopic (exact) mass is 391 g/mol. The molecule has 150 valence electrons. The summed E-state index contributed by atoms with van der Waals surface area (Å²) in [5.41, 5.74) is 1.77. The lowest BCUT2D eigenvalue weighted by atomic mass is 9.86. The molecule has 4 rings (SSSR count). The van der Waals surface area contributed by atoms with Crippen LogP contribution in [0, 0.1) is 17.2 Å². The average molecular weight is 391 g/mol. The van der Waals surface area contributed by atoms with E-state index in [1.807, 2.05) is 12.1 Å². The molecule has 2 fully saturated rings. The topological polar surface area (TPSA) is 94.4 Å². The van der Waals surface area contributed by atoms with Crippen molar-refractivity contribution in [2.45, 2.75) is 50.3 Å². The van der Waals surface area contributed by atoms with Crippen LogP contribution in [0.1, 0.15) is 49.3 Å². The van der Waals surface area contributed by atoms with E-state index in [1.54, 1.807) is 30.3 Å². The molecule has 2 saturated heterocycles. The lowest BCUT2D eigenvalue weighted by Crippen LogP contribution is -2.38. The van der Waals surface area contributed by atoms with Crippen molar-refractivity contribution in [2.24, 2.45) is 5.92 Å². The lowest BCUT2D eigenvalue weighted by Gasteiger charge is -2.31. The number of ether oxygens (including phenoxy) is 1. The van der Waals surface area contributed by atoms with E-state index in [0.29, 0.717) is 29.3 Å². The average Bonchev–Trinajstić information content (AvgIpc) is 3.07. The number of phenolic OH excluding ortho intramolecular Hbond substituents is 1. The SMILES string of the molecule is N#Cc1ccc(C(CC2CC3CCC(C2)N3)OC(=O)Nc2ccccc2O)cc1. The molecule has 2 bridgehead atoms. The Balaban J connectivity index is 1.48. The summed E-state index contributed by atoms with van der Waals surface area (Å²) in [6, 6.07) is 17.0. The van der Waals surface area contributed by atoms with Crippen molar-refractivity contribution < 1.29 is 14.6 Å². The van der Waals surface area contributed by atoms with Gasteiger partial charge in [-0.3, -0.25) is 5.32 Å². The maximum Gasteiger partial charge on any atom is 0.412 e. The number of hydrogen-bond donors (Lipinski definition) is 3. The van der Waals surface area contributed by atoms with Crippen molar-refractivity contribution in [2.75, 3.05) is 5.32 Å². The Morgan fingerprint density at radius 2 is 1.86 bits per heavy atom. The van der Waals surface area contributed by atoms with Crippen molar-refractivity contribution in [1.29, 1.82) is 5.26 Å². The zero-order chi connectivity index (χ0) is 20.2.